The van der Waals surface area contributed by atoms with Crippen molar-refractivity contribution in [3.63, 3.8) is 0 Å². The van der Waals surface area contributed by atoms with Gasteiger partial charge in [-0.3, -0.25) is 4.79 Å². The van der Waals surface area contributed by atoms with Crippen molar-refractivity contribution in [3.8, 4) is 5.75 Å². The largest absolute Gasteiger partial charge is 0.494 e. The van der Waals surface area contributed by atoms with Gasteiger partial charge in [-0.25, -0.2) is 0 Å². The maximum Gasteiger partial charge on any atom is 0.246 e. The van der Waals surface area contributed by atoms with Crippen molar-refractivity contribution in [1.29, 1.82) is 0 Å². The van der Waals surface area contributed by atoms with Gasteiger partial charge in [0, 0.05) is 12.6 Å². The van der Waals surface area contributed by atoms with Gasteiger partial charge in [0.25, 0.3) is 0 Å². The Hall–Kier alpha value is -1.81. The van der Waals surface area contributed by atoms with E-state index in [9.17, 15) is 9.90 Å². The molecule has 1 aliphatic heterocycles. The second-order valence-electron chi connectivity index (χ2n) is 5.38. The van der Waals surface area contributed by atoms with E-state index in [4.69, 9.17) is 4.74 Å². The summed E-state index contributed by atoms with van der Waals surface area (Å²) in [6.07, 6.45) is 4.33. The van der Waals surface area contributed by atoms with Crippen molar-refractivity contribution >= 4 is 12.0 Å². The highest BCUT2D eigenvalue weighted by Gasteiger charge is 2.32. The van der Waals surface area contributed by atoms with Gasteiger partial charge in [0.15, 0.2) is 0 Å². The van der Waals surface area contributed by atoms with Gasteiger partial charge in [0.05, 0.1) is 19.3 Å². The molecule has 2 atom stereocenters. The molecule has 1 saturated heterocycles. The van der Waals surface area contributed by atoms with Crippen LogP contribution in [-0.2, 0) is 4.79 Å². The highest BCUT2D eigenvalue weighted by atomic mass is 16.5. The fourth-order valence-electron chi connectivity index (χ4n) is 2.67. The fourth-order valence-corrected chi connectivity index (χ4v) is 2.67. The zero-order valence-corrected chi connectivity index (χ0v) is 12.7. The molecule has 4 nitrogen and oxygen atoms in total. The number of amides is 1. The van der Waals surface area contributed by atoms with E-state index in [1.54, 1.807) is 17.1 Å². The van der Waals surface area contributed by atoms with E-state index in [0.29, 0.717) is 12.5 Å². The number of hydrogen-bond acceptors (Lipinski definition) is 3. The van der Waals surface area contributed by atoms with Gasteiger partial charge in [0.2, 0.25) is 5.91 Å². The van der Waals surface area contributed by atoms with Crippen molar-refractivity contribution in [3.05, 3.63) is 35.9 Å². The van der Waals surface area contributed by atoms with E-state index in [0.717, 1.165) is 24.3 Å². The molecule has 1 aromatic rings. The molecular weight excluding hydrogens is 266 g/mol. The Kier molecular flexibility index (Phi) is 5.39. The molecule has 2 unspecified atom stereocenters. The lowest BCUT2D eigenvalue weighted by molar-refractivity contribution is -0.127. The summed E-state index contributed by atoms with van der Waals surface area (Å²) in [5, 5.41) is 9.39. The molecule has 0 spiro atoms. The third-order valence-corrected chi connectivity index (χ3v) is 3.96. The molecule has 1 heterocycles. The van der Waals surface area contributed by atoms with Crippen LogP contribution in [0, 0.1) is 5.92 Å². The number of likely N-dealkylation sites (tertiary alicyclic amines) is 1. The van der Waals surface area contributed by atoms with Crippen molar-refractivity contribution in [2.75, 3.05) is 19.8 Å². The fraction of sp³-hybridized carbons (Fsp3) is 0.471. The van der Waals surface area contributed by atoms with Crippen LogP contribution < -0.4 is 4.74 Å². The minimum atomic E-state index is -0.0533. The van der Waals surface area contributed by atoms with Crippen LogP contribution in [0.15, 0.2) is 30.3 Å². The third-order valence-electron chi connectivity index (χ3n) is 3.96. The quantitative estimate of drug-likeness (QED) is 0.846. The number of nitrogens with zero attached hydrogens (tertiary/aromatic N) is 1. The smallest absolute Gasteiger partial charge is 0.246 e. The summed E-state index contributed by atoms with van der Waals surface area (Å²) in [5.41, 5.74) is 0.958. The first-order valence-electron chi connectivity index (χ1n) is 7.48. The lowest BCUT2D eigenvalue weighted by atomic mass is 10.0. The van der Waals surface area contributed by atoms with Crippen LogP contribution in [0.1, 0.15) is 25.8 Å². The van der Waals surface area contributed by atoms with Gasteiger partial charge < -0.3 is 14.7 Å². The van der Waals surface area contributed by atoms with Crippen LogP contribution in [0.25, 0.3) is 6.08 Å². The molecule has 4 heteroatoms. The van der Waals surface area contributed by atoms with Gasteiger partial charge in [-0.05, 0) is 43.0 Å². The van der Waals surface area contributed by atoms with Crippen LogP contribution >= 0.6 is 0 Å². The first-order valence-corrected chi connectivity index (χ1v) is 7.48. The summed E-state index contributed by atoms with van der Waals surface area (Å²) in [6.45, 7) is 5.41. The lowest BCUT2D eigenvalue weighted by Crippen LogP contribution is -2.38. The first kappa shape index (κ1) is 15.6. The molecule has 0 saturated carbocycles. The Balaban J connectivity index is 1.98. The molecule has 1 aliphatic rings. The second kappa shape index (κ2) is 7.27. The average Bonchev–Trinajstić information content (AvgIpc) is 2.87. The second-order valence-corrected chi connectivity index (χ2v) is 5.38. The summed E-state index contributed by atoms with van der Waals surface area (Å²) in [6, 6.07) is 7.57. The Bertz CT molecular complexity index is 495. The van der Waals surface area contributed by atoms with Crippen LogP contribution in [0.5, 0.6) is 5.75 Å². The number of rotatable bonds is 5. The minimum Gasteiger partial charge on any atom is -0.494 e. The normalized spacial score (nSPS) is 22.0. The zero-order chi connectivity index (χ0) is 15.2. The highest BCUT2D eigenvalue weighted by Crippen LogP contribution is 2.24. The average molecular weight is 289 g/mol. The summed E-state index contributed by atoms with van der Waals surface area (Å²) >= 11 is 0. The maximum atomic E-state index is 12.2. The molecule has 2 rings (SSSR count). The molecule has 0 bridgehead atoms. The van der Waals surface area contributed by atoms with Crippen molar-refractivity contribution < 1.29 is 14.6 Å². The number of aliphatic hydroxyl groups is 1. The van der Waals surface area contributed by atoms with Crippen molar-refractivity contribution in [2.45, 2.75) is 26.3 Å². The van der Waals surface area contributed by atoms with Gasteiger partial charge in [-0.2, -0.15) is 0 Å². The summed E-state index contributed by atoms with van der Waals surface area (Å²) < 4.78 is 5.38. The summed E-state index contributed by atoms with van der Waals surface area (Å²) in [7, 11) is 0. The maximum absolute atomic E-state index is 12.2. The Morgan fingerprint density at radius 1 is 1.43 bits per heavy atom. The Morgan fingerprint density at radius 2 is 2.14 bits per heavy atom. The molecule has 1 aromatic carbocycles. The minimum absolute atomic E-state index is 0.0315. The van der Waals surface area contributed by atoms with Crippen LogP contribution in [0.3, 0.4) is 0 Å². The van der Waals surface area contributed by atoms with Gasteiger partial charge in [0.1, 0.15) is 5.75 Å². The zero-order valence-electron chi connectivity index (χ0n) is 12.7. The van der Waals surface area contributed by atoms with E-state index in [1.165, 1.54) is 0 Å². The topological polar surface area (TPSA) is 49.8 Å². The number of carbonyl (C=O) groups excluding carboxylic acids is 1. The highest BCUT2D eigenvalue weighted by molar-refractivity contribution is 5.92. The molecule has 0 aromatic heterocycles. The molecular formula is C17H23NO3. The van der Waals surface area contributed by atoms with Crippen LogP contribution in [0.2, 0.25) is 0 Å². The SMILES string of the molecule is CCOc1ccc(/C=C/C(=O)N2CCC(C)C2CO)cc1. The molecule has 0 radical (unpaired) electrons. The first-order chi connectivity index (χ1) is 10.2. The standard InChI is InChI=1S/C17H23NO3/c1-3-21-15-7-4-14(5-8-15)6-9-17(20)18-11-10-13(2)16(18)12-19/h4-9,13,16,19H,3,10-12H2,1-2H3/b9-6+. The summed E-state index contributed by atoms with van der Waals surface area (Å²) in [4.78, 5) is 14.0. The van der Waals surface area contributed by atoms with E-state index in [1.807, 2.05) is 31.2 Å². The van der Waals surface area contributed by atoms with Gasteiger partial charge in [-0.15, -0.1) is 0 Å². The van der Waals surface area contributed by atoms with Gasteiger partial charge >= 0.3 is 0 Å². The third kappa shape index (κ3) is 3.85. The molecule has 1 fully saturated rings. The lowest BCUT2D eigenvalue weighted by Gasteiger charge is -2.23. The van der Waals surface area contributed by atoms with E-state index >= 15 is 0 Å². The number of hydrogen-bond donors (Lipinski definition) is 1. The monoisotopic (exact) mass is 289 g/mol. The van der Waals surface area contributed by atoms with E-state index < -0.39 is 0 Å². The van der Waals surface area contributed by atoms with Crippen LogP contribution in [0.4, 0.5) is 0 Å². The van der Waals surface area contributed by atoms with Gasteiger partial charge in [-0.1, -0.05) is 19.1 Å². The predicted molar refractivity (Wildman–Crippen MR) is 83.0 cm³/mol. The Morgan fingerprint density at radius 3 is 2.76 bits per heavy atom. The van der Waals surface area contributed by atoms with Crippen molar-refractivity contribution in [2.24, 2.45) is 5.92 Å². The molecule has 0 aliphatic carbocycles. The molecule has 1 N–H and O–H groups in total. The van der Waals surface area contributed by atoms with E-state index in [2.05, 4.69) is 6.92 Å². The number of carbonyl (C=O) groups is 1. The molecule has 1 amide bonds. The number of ether oxygens (including phenoxy) is 1. The number of benzene rings is 1. The van der Waals surface area contributed by atoms with Crippen molar-refractivity contribution in [1.82, 2.24) is 4.90 Å². The number of aliphatic hydroxyl groups excluding tert-OH is 1. The Labute approximate surface area is 126 Å². The molecule has 21 heavy (non-hydrogen) atoms. The predicted octanol–water partition coefficient (Wildman–Crippen LogP) is 2.33. The molecule has 114 valence electrons. The van der Waals surface area contributed by atoms with Crippen LogP contribution in [-0.4, -0.2) is 41.7 Å². The van der Waals surface area contributed by atoms with E-state index in [-0.39, 0.29) is 18.6 Å². The summed E-state index contributed by atoms with van der Waals surface area (Å²) in [5.74, 6) is 1.15.